The zero-order valence-electron chi connectivity index (χ0n) is 12.9. The average molecular weight is 290 g/mol. The fourth-order valence-corrected chi connectivity index (χ4v) is 2.59. The lowest BCUT2D eigenvalue weighted by molar-refractivity contribution is 0.0954. The van der Waals surface area contributed by atoms with Gasteiger partial charge in [0.15, 0.2) is 0 Å². The number of carbonyl (C=O) groups is 1. The summed E-state index contributed by atoms with van der Waals surface area (Å²) in [5.74, 6) is 0.804. The van der Waals surface area contributed by atoms with Crippen molar-refractivity contribution in [3.63, 3.8) is 0 Å². The first kappa shape index (κ1) is 15.8. The molecular weight excluding hydrogens is 264 g/mol. The Labute approximate surface area is 127 Å². The van der Waals surface area contributed by atoms with Gasteiger partial charge in [-0.05, 0) is 44.4 Å². The summed E-state index contributed by atoms with van der Waals surface area (Å²) in [7, 11) is 0. The van der Waals surface area contributed by atoms with Crippen LogP contribution in [-0.4, -0.2) is 43.6 Å². The first-order chi connectivity index (χ1) is 10.3. The van der Waals surface area contributed by atoms with Gasteiger partial charge in [-0.3, -0.25) is 4.79 Å². The van der Waals surface area contributed by atoms with Gasteiger partial charge in [0.25, 0.3) is 5.91 Å². The lowest BCUT2D eigenvalue weighted by Crippen LogP contribution is -2.35. The van der Waals surface area contributed by atoms with Gasteiger partial charge in [0.2, 0.25) is 0 Å². The van der Waals surface area contributed by atoms with Crippen molar-refractivity contribution < 1.29 is 4.79 Å². The van der Waals surface area contributed by atoms with Gasteiger partial charge in [-0.25, -0.2) is 4.98 Å². The molecule has 1 fully saturated rings. The van der Waals surface area contributed by atoms with Crippen LogP contribution in [0.3, 0.4) is 0 Å². The quantitative estimate of drug-likeness (QED) is 0.752. The van der Waals surface area contributed by atoms with Crippen LogP contribution in [-0.2, 0) is 0 Å². The van der Waals surface area contributed by atoms with E-state index in [1.165, 1.54) is 19.3 Å². The maximum absolute atomic E-state index is 12.3. The van der Waals surface area contributed by atoms with E-state index in [9.17, 15) is 4.79 Å². The Morgan fingerprint density at radius 3 is 2.81 bits per heavy atom. The Hall–Kier alpha value is -1.62. The monoisotopic (exact) mass is 290 g/mol. The van der Waals surface area contributed by atoms with Gasteiger partial charge in [0, 0.05) is 32.4 Å². The molecule has 0 unspecified atom stereocenters. The topological polar surface area (TPSA) is 57.3 Å². The predicted molar refractivity (Wildman–Crippen MR) is 85.8 cm³/mol. The molecule has 0 radical (unpaired) electrons. The largest absolute Gasteiger partial charge is 0.356 e. The van der Waals surface area contributed by atoms with Crippen molar-refractivity contribution in [1.82, 2.24) is 15.6 Å². The Morgan fingerprint density at radius 1 is 1.24 bits per heavy atom. The van der Waals surface area contributed by atoms with Crippen molar-refractivity contribution in [2.45, 2.75) is 32.6 Å². The van der Waals surface area contributed by atoms with Crippen molar-refractivity contribution in [2.75, 3.05) is 37.6 Å². The minimum atomic E-state index is -0.0260. The van der Waals surface area contributed by atoms with Crippen molar-refractivity contribution in [3.05, 3.63) is 23.9 Å². The maximum Gasteiger partial charge on any atom is 0.255 e. The van der Waals surface area contributed by atoms with Crippen molar-refractivity contribution in [3.8, 4) is 0 Å². The summed E-state index contributed by atoms with van der Waals surface area (Å²) in [5.41, 5.74) is 0.690. The van der Waals surface area contributed by atoms with E-state index in [4.69, 9.17) is 0 Å². The molecule has 1 aromatic rings. The molecule has 5 heteroatoms. The zero-order chi connectivity index (χ0) is 14.9. The first-order valence-corrected chi connectivity index (χ1v) is 8.02. The second-order valence-corrected chi connectivity index (χ2v) is 5.43. The van der Waals surface area contributed by atoms with Crippen molar-refractivity contribution in [2.24, 2.45) is 0 Å². The van der Waals surface area contributed by atoms with E-state index >= 15 is 0 Å². The number of nitrogens with zero attached hydrogens (tertiary/aromatic N) is 2. The molecule has 2 heterocycles. The minimum absolute atomic E-state index is 0.0260. The fourth-order valence-electron chi connectivity index (χ4n) is 2.59. The molecule has 116 valence electrons. The molecule has 0 saturated carbocycles. The number of amides is 1. The highest BCUT2D eigenvalue weighted by Gasteiger charge is 2.19. The van der Waals surface area contributed by atoms with Crippen LogP contribution in [0.25, 0.3) is 0 Å². The van der Waals surface area contributed by atoms with Gasteiger partial charge in [0.05, 0.1) is 5.56 Å². The third kappa shape index (κ3) is 4.70. The van der Waals surface area contributed by atoms with E-state index in [0.29, 0.717) is 12.1 Å². The number of rotatable bonds is 7. The van der Waals surface area contributed by atoms with Crippen LogP contribution in [0, 0.1) is 0 Å². The highest BCUT2D eigenvalue weighted by molar-refractivity contribution is 5.98. The lowest BCUT2D eigenvalue weighted by atomic mass is 10.1. The Balaban J connectivity index is 1.93. The smallest absolute Gasteiger partial charge is 0.255 e. The third-order valence-corrected chi connectivity index (χ3v) is 3.70. The van der Waals surface area contributed by atoms with Crippen LogP contribution in [0.5, 0.6) is 0 Å². The zero-order valence-corrected chi connectivity index (χ0v) is 12.9. The summed E-state index contributed by atoms with van der Waals surface area (Å²) in [6.07, 6.45) is 6.50. The SMILES string of the molecule is CCCNCCNC(=O)c1cccnc1N1CCCCC1. The molecule has 1 aliphatic heterocycles. The van der Waals surface area contributed by atoms with E-state index in [0.717, 1.165) is 38.4 Å². The van der Waals surface area contributed by atoms with Gasteiger partial charge < -0.3 is 15.5 Å². The maximum atomic E-state index is 12.3. The van der Waals surface area contributed by atoms with Crippen LogP contribution >= 0.6 is 0 Å². The molecule has 1 saturated heterocycles. The van der Waals surface area contributed by atoms with E-state index in [-0.39, 0.29) is 5.91 Å². The Kier molecular flexibility index (Phi) is 6.47. The second kappa shape index (κ2) is 8.62. The van der Waals surface area contributed by atoms with E-state index < -0.39 is 0 Å². The van der Waals surface area contributed by atoms with Crippen LogP contribution in [0.4, 0.5) is 5.82 Å². The number of hydrogen-bond donors (Lipinski definition) is 2. The second-order valence-electron chi connectivity index (χ2n) is 5.43. The van der Waals surface area contributed by atoms with Gasteiger partial charge in [-0.15, -0.1) is 0 Å². The summed E-state index contributed by atoms with van der Waals surface area (Å²) in [6, 6.07) is 3.70. The molecule has 1 amide bonds. The van der Waals surface area contributed by atoms with E-state index in [1.807, 2.05) is 12.1 Å². The van der Waals surface area contributed by atoms with E-state index in [2.05, 4.69) is 27.4 Å². The number of piperidine rings is 1. The number of pyridine rings is 1. The highest BCUT2D eigenvalue weighted by atomic mass is 16.1. The number of aromatic nitrogens is 1. The molecule has 0 spiro atoms. The number of anilines is 1. The summed E-state index contributed by atoms with van der Waals surface area (Å²) < 4.78 is 0. The molecule has 21 heavy (non-hydrogen) atoms. The summed E-state index contributed by atoms with van der Waals surface area (Å²) >= 11 is 0. The highest BCUT2D eigenvalue weighted by Crippen LogP contribution is 2.21. The van der Waals surface area contributed by atoms with Gasteiger partial charge >= 0.3 is 0 Å². The van der Waals surface area contributed by atoms with E-state index in [1.54, 1.807) is 6.20 Å². The molecular formula is C16H26N4O. The van der Waals surface area contributed by atoms with Crippen LogP contribution in [0.2, 0.25) is 0 Å². The molecule has 0 bridgehead atoms. The molecule has 1 aliphatic rings. The standard InChI is InChI=1S/C16H26N4O/c1-2-8-17-10-11-19-16(21)14-7-6-9-18-15(14)20-12-4-3-5-13-20/h6-7,9,17H,2-5,8,10-13H2,1H3,(H,19,21). The number of carbonyl (C=O) groups excluding carboxylic acids is 1. The Bertz CT molecular complexity index is 444. The molecule has 2 N–H and O–H groups in total. The van der Waals surface area contributed by atoms with Crippen molar-refractivity contribution in [1.29, 1.82) is 0 Å². The van der Waals surface area contributed by atoms with Crippen molar-refractivity contribution >= 4 is 11.7 Å². The van der Waals surface area contributed by atoms with Crippen LogP contribution in [0.1, 0.15) is 43.0 Å². The summed E-state index contributed by atoms with van der Waals surface area (Å²) in [5, 5.41) is 6.25. The van der Waals surface area contributed by atoms with Crippen LogP contribution in [0.15, 0.2) is 18.3 Å². The lowest BCUT2D eigenvalue weighted by Gasteiger charge is -2.29. The third-order valence-electron chi connectivity index (χ3n) is 3.70. The summed E-state index contributed by atoms with van der Waals surface area (Å²) in [6.45, 7) is 6.56. The number of hydrogen-bond acceptors (Lipinski definition) is 4. The van der Waals surface area contributed by atoms with Gasteiger partial charge in [0.1, 0.15) is 5.82 Å². The molecule has 5 nitrogen and oxygen atoms in total. The molecule has 0 aromatic carbocycles. The van der Waals surface area contributed by atoms with Gasteiger partial charge in [-0.1, -0.05) is 6.92 Å². The van der Waals surface area contributed by atoms with Crippen LogP contribution < -0.4 is 15.5 Å². The molecule has 2 rings (SSSR count). The Morgan fingerprint density at radius 2 is 2.05 bits per heavy atom. The first-order valence-electron chi connectivity index (χ1n) is 8.02. The predicted octanol–water partition coefficient (Wildman–Crippen LogP) is 1.80. The normalized spacial score (nSPS) is 15.0. The molecule has 0 aliphatic carbocycles. The number of nitrogens with one attached hydrogen (secondary N) is 2. The molecule has 0 atom stereocenters. The minimum Gasteiger partial charge on any atom is -0.356 e. The molecule has 1 aromatic heterocycles. The summed E-state index contributed by atoms with van der Waals surface area (Å²) in [4.78, 5) is 19.0. The van der Waals surface area contributed by atoms with Gasteiger partial charge in [-0.2, -0.15) is 0 Å². The fraction of sp³-hybridized carbons (Fsp3) is 0.625. The average Bonchev–Trinajstić information content (AvgIpc) is 2.55.